The number of hydrogen-bond acceptors (Lipinski definition) is 1. The van der Waals surface area contributed by atoms with Crippen molar-refractivity contribution in [3.05, 3.63) is 140 Å². The van der Waals surface area contributed by atoms with E-state index in [2.05, 4.69) is 41.5 Å². The van der Waals surface area contributed by atoms with Crippen LogP contribution in [0.2, 0.25) is 0 Å². The van der Waals surface area contributed by atoms with Gasteiger partial charge in [-0.05, 0) is 47.4 Å². The molecule has 0 fully saturated rings. The first-order valence-electron chi connectivity index (χ1n) is 10.8. The lowest BCUT2D eigenvalue weighted by Gasteiger charge is -2.12. The molecule has 0 atom stereocenters. The van der Waals surface area contributed by atoms with Crippen LogP contribution in [0.25, 0.3) is 22.3 Å². The van der Waals surface area contributed by atoms with Crippen LogP contribution in [0.1, 0.15) is 6.92 Å². The SMILES string of the molecule is C=C/C(=C\C)NC(=O)Nc1ccc(-c2ccccc2-c2ccccc2)cc1.c1ccccc1. The Morgan fingerprint density at radius 1 is 0.667 bits per heavy atom. The van der Waals surface area contributed by atoms with Gasteiger partial charge in [-0.25, -0.2) is 4.79 Å². The van der Waals surface area contributed by atoms with Crippen molar-refractivity contribution in [3.8, 4) is 22.3 Å². The van der Waals surface area contributed by atoms with E-state index in [1.807, 2.05) is 97.9 Å². The maximum absolute atomic E-state index is 12.0. The second kappa shape index (κ2) is 12.5. The highest BCUT2D eigenvalue weighted by Gasteiger charge is 2.07. The zero-order valence-electron chi connectivity index (χ0n) is 18.7. The Labute approximate surface area is 196 Å². The summed E-state index contributed by atoms with van der Waals surface area (Å²) in [5, 5.41) is 5.56. The van der Waals surface area contributed by atoms with Crippen LogP contribution in [0.15, 0.2) is 140 Å². The largest absolute Gasteiger partial charge is 0.323 e. The first kappa shape index (κ1) is 23.3. The van der Waals surface area contributed by atoms with E-state index in [-0.39, 0.29) is 6.03 Å². The monoisotopic (exact) mass is 432 g/mol. The Morgan fingerprint density at radius 2 is 1.12 bits per heavy atom. The molecule has 0 heterocycles. The molecule has 33 heavy (non-hydrogen) atoms. The maximum atomic E-state index is 12.0. The topological polar surface area (TPSA) is 41.1 Å². The van der Waals surface area contributed by atoms with Crippen LogP contribution in [-0.2, 0) is 0 Å². The summed E-state index contributed by atoms with van der Waals surface area (Å²) in [5.74, 6) is 0. The lowest BCUT2D eigenvalue weighted by molar-refractivity contribution is 0.254. The molecule has 3 nitrogen and oxygen atoms in total. The predicted octanol–water partition coefficient (Wildman–Crippen LogP) is 7.92. The van der Waals surface area contributed by atoms with Gasteiger partial charge in [0, 0.05) is 11.4 Å². The van der Waals surface area contributed by atoms with Gasteiger partial charge < -0.3 is 10.6 Å². The Balaban J connectivity index is 0.000000442. The van der Waals surface area contributed by atoms with Crippen molar-refractivity contribution in [2.45, 2.75) is 6.92 Å². The molecule has 0 unspecified atom stereocenters. The quantitative estimate of drug-likeness (QED) is 0.309. The van der Waals surface area contributed by atoms with Gasteiger partial charge >= 0.3 is 6.03 Å². The predicted molar refractivity (Wildman–Crippen MR) is 140 cm³/mol. The van der Waals surface area contributed by atoms with Gasteiger partial charge in [0.15, 0.2) is 0 Å². The van der Waals surface area contributed by atoms with E-state index in [9.17, 15) is 4.79 Å². The molecule has 0 aliphatic carbocycles. The number of hydrogen-bond donors (Lipinski definition) is 2. The smallest absolute Gasteiger partial charge is 0.308 e. The lowest BCUT2D eigenvalue weighted by Crippen LogP contribution is -2.27. The zero-order valence-corrected chi connectivity index (χ0v) is 18.7. The van der Waals surface area contributed by atoms with E-state index in [0.717, 1.165) is 16.8 Å². The fourth-order valence-corrected chi connectivity index (χ4v) is 3.26. The van der Waals surface area contributed by atoms with Crippen molar-refractivity contribution in [3.63, 3.8) is 0 Å². The van der Waals surface area contributed by atoms with Crippen LogP contribution in [0.4, 0.5) is 10.5 Å². The van der Waals surface area contributed by atoms with Crippen molar-refractivity contribution >= 4 is 11.7 Å². The minimum absolute atomic E-state index is 0.291. The number of carbonyl (C=O) groups is 1. The zero-order chi connectivity index (χ0) is 23.3. The molecule has 0 aliphatic heterocycles. The molecule has 0 aliphatic rings. The second-order valence-corrected chi connectivity index (χ2v) is 7.17. The second-order valence-electron chi connectivity index (χ2n) is 7.17. The first-order chi connectivity index (χ1) is 16.2. The van der Waals surface area contributed by atoms with Gasteiger partial charge in [-0.3, -0.25) is 0 Å². The van der Waals surface area contributed by atoms with E-state index in [0.29, 0.717) is 5.70 Å². The normalized spacial score (nSPS) is 10.4. The van der Waals surface area contributed by atoms with E-state index < -0.39 is 0 Å². The van der Waals surface area contributed by atoms with Crippen LogP contribution >= 0.6 is 0 Å². The van der Waals surface area contributed by atoms with E-state index >= 15 is 0 Å². The van der Waals surface area contributed by atoms with Gasteiger partial charge in [-0.2, -0.15) is 0 Å². The van der Waals surface area contributed by atoms with E-state index in [1.54, 1.807) is 12.2 Å². The molecule has 0 radical (unpaired) electrons. The summed E-state index contributed by atoms with van der Waals surface area (Å²) in [7, 11) is 0. The summed E-state index contributed by atoms with van der Waals surface area (Å²) in [6, 6.07) is 38.2. The Bertz CT molecular complexity index is 1150. The van der Waals surface area contributed by atoms with Crippen molar-refractivity contribution in [1.29, 1.82) is 0 Å². The minimum Gasteiger partial charge on any atom is -0.308 e. The van der Waals surface area contributed by atoms with Gasteiger partial charge in [-0.15, -0.1) is 0 Å². The molecule has 2 amide bonds. The van der Waals surface area contributed by atoms with Gasteiger partial charge in [0.05, 0.1) is 0 Å². The van der Waals surface area contributed by atoms with Crippen LogP contribution < -0.4 is 10.6 Å². The lowest BCUT2D eigenvalue weighted by atomic mass is 9.94. The Hall–Kier alpha value is -4.37. The van der Waals surface area contributed by atoms with Crippen LogP contribution in [0.3, 0.4) is 0 Å². The average Bonchev–Trinajstić information content (AvgIpc) is 2.89. The Morgan fingerprint density at radius 3 is 1.61 bits per heavy atom. The molecule has 0 spiro atoms. The van der Waals surface area contributed by atoms with Gasteiger partial charge in [-0.1, -0.05) is 116 Å². The van der Waals surface area contributed by atoms with Gasteiger partial charge in [0.2, 0.25) is 0 Å². The summed E-state index contributed by atoms with van der Waals surface area (Å²) < 4.78 is 0. The molecule has 4 rings (SSSR count). The standard InChI is InChI=1S/C24H22N2O.C6H6/c1-3-20(4-2)25-24(27)26-21-16-14-19(15-17-21)23-13-9-8-12-22(23)18-10-6-5-7-11-18;1-2-4-6-5-3-1/h3-17H,1H2,2H3,(H2,25,26,27);1-6H/b20-4+;. The number of urea groups is 1. The molecule has 4 aromatic carbocycles. The molecular weight excluding hydrogens is 404 g/mol. The minimum atomic E-state index is -0.291. The molecule has 0 bridgehead atoms. The van der Waals surface area contributed by atoms with Gasteiger partial charge in [0.1, 0.15) is 0 Å². The molecule has 4 aromatic rings. The van der Waals surface area contributed by atoms with Crippen molar-refractivity contribution in [2.75, 3.05) is 5.32 Å². The average molecular weight is 433 g/mol. The van der Waals surface area contributed by atoms with Gasteiger partial charge in [0.25, 0.3) is 0 Å². The van der Waals surface area contributed by atoms with E-state index in [4.69, 9.17) is 0 Å². The molecule has 2 N–H and O–H groups in total. The summed E-state index contributed by atoms with van der Waals surface area (Å²) in [6.45, 7) is 5.50. The number of rotatable bonds is 5. The van der Waals surface area contributed by atoms with Crippen molar-refractivity contribution < 1.29 is 4.79 Å². The highest BCUT2D eigenvalue weighted by atomic mass is 16.2. The maximum Gasteiger partial charge on any atom is 0.323 e. The number of anilines is 1. The summed E-state index contributed by atoms with van der Waals surface area (Å²) in [6.07, 6.45) is 3.39. The van der Waals surface area contributed by atoms with Crippen LogP contribution in [0, 0.1) is 0 Å². The summed E-state index contributed by atoms with van der Waals surface area (Å²) in [5.41, 5.74) is 6.01. The number of carbonyl (C=O) groups excluding carboxylic acids is 1. The molecule has 0 saturated carbocycles. The van der Waals surface area contributed by atoms with Crippen molar-refractivity contribution in [1.82, 2.24) is 5.32 Å². The third-order valence-corrected chi connectivity index (χ3v) is 4.92. The molecular formula is C30H28N2O. The summed E-state index contributed by atoms with van der Waals surface area (Å²) >= 11 is 0. The Kier molecular flexibility index (Phi) is 8.81. The molecule has 3 heteroatoms. The number of benzene rings is 4. The van der Waals surface area contributed by atoms with Crippen LogP contribution in [-0.4, -0.2) is 6.03 Å². The third kappa shape index (κ3) is 7.08. The van der Waals surface area contributed by atoms with E-state index in [1.165, 1.54) is 11.1 Å². The molecule has 0 saturated heterocycles. The first-order valence-corrected chi connectivity index (χ1v) is 10.8. The molecule has 0 aromatic heterocycles. The highest BCUT2D eigenvalue weighted by Crippen LogP contribution is 2.32. The van der Waals surface area contributed by atoms with Crippen LogP contribution in [0.5, 0.6) is 0 Å². The molecule has 164 valence electrons. The third-order valence-electron chi connectivity index (χ3n) is 4.92. The summed E-state index contributed by atoms with van der Waals surface area (Å²) in [4.78, 5) is 12.0. The highest BCUT2D eigenvalue weighted by molar-refractivity contribution is 5.91. The number of amides is 2. The fourth-order valence-electron chi connectivity index (χ4n) is 3.26. The number of allylic oxidation sites excluding steroid dienone is 2. The van der Waals surface area contributed by atoms with Crippen molar-refractivity contribution in [2.24, 2.45) is 0 Å². The fraction of sp³-hybridized carbons (Fsp3) is 0.0333. The number of nitrogens with one attached hydrogen (secondary N) is 2.